The number of anilines is 1. The lowest BCUT2D eigenvalue weighted by atomic mass is 10.2. The van der Waals surface area contributed by atoms with Crippen molar-refractivity contribution in [3.63, 3.8) is 0 Å². The van der Waals surface area contributed by atoms with Gasteiger partial charge in [0.2, 0.25) is 5.91 Å². The first kappa shape index (κ1) is 13.8. The summed E-state index contributed by atoms with van der Waals surface area (Å²) >= 11 is 0. The lowest BCUT2D eigenvalue weighted by Crippen LogP contribution is -2.18. The first-order chi connectivity index (χ1) is 9.47. The van der Waals surface area contributed by atoms with Crippen LogP contribution in [0.15, 0.2) is 30.6 Å². The Morgan fingerprint density at radius 1 is 1.30 bits per heavy atom. The molecule has 1 aromatic heterocycles. The number of primary amides is 1. The van der Waals surface area contributed by atoms with Gasteiger partial charge in [0.15, 0.2) is 0 Å². The van der Waals surface area contributed by atoms with Crippen molar-refractivity contribution < 1.29 is 9.59 Å². The van der Waals surface area contributed by atoms with Gasteiger partial charge in [-0.05, 0) is 24.6 Å². The van der Waals surface area contributed by atoms with E-state index in [0.29, 0.717) is 17.9 Å². The van der Waals surface area contributed by atoms with Crippen molar-refractivity contribution in [3.05, 3.63) is 47.5 Å². The summed E-state index contributed by atoms with van der Waals surface area (Å²) in [5, 5.41) is 2.70. The zero-order valence-corrected chi connectivity index (χ0v) is 11.4. The summed E-state index contributed by atoms with van der Waals surface area (Å²) < 4.78 is 1.71. The van der Waals surface area contributed by atoms with Gasteiger partial charge >= 0.3 is 0 Å². The molecule has 0 bridgehead atoms. The number of hydrogen-bond donors (Lipinski definition) is 2. The first-order valence-corrected chi connectivity index (χ1v) is 6.15. The Morgan fingerprint density at radius 2 is 1.95 bits per heavy atom. The zero-order chi connectivity index (χ0) is 14.7. The lowest BCUT2D eigenvalue weighted by molar-refractivity contribution is -0.114. The number of nitrogens with one attached hydrogen (secondary N) is 1. The van der Waals surface area contributed by atoms with Gasteiger partial charge in [0.1, 0.15) is 5.69 Å². The fraction of sp³-hybridized carbons (Fsp3) is 0.214. The highest BCUT2D eigenvalue weighted by Gasteiger charge is 2.12. The maximum atomic E-state index is 11.4. The van der Waals surface area contributed by atoms with Gasteiger partial charge in [0.25, 0.3) is 5.91 Å². The fourth-order valence-electron chi connectivity index (χ4n) is 2.02. The van der Waals surface area contributed by atoms with Gasteiger partial charge in [-0.1, -0.05) is 12.1 Å². The smallest absolute Gasteiger partial charge is 0.267 e. The molecule has 0 radical (unpaired) electrons. The number of rotatable bonds is 4. The number of aryl methyl sites for hydroxylation is 1. The van der Waals surface area contributed by atoms with Gasteiger partial charge < -0.3 is 15.6 Å². The highest BCUT2D eigenvalue weighted by atomic mass is 16.1. The van der Waals surface area contributed by atoms with Crippen LogP contribution in [0.25, 0.3) is 0 Å². The molecule has 2 rings (SSSR count). The van der Waals surface area contributed by atoms with Crippen LogP contribution < -0.4 is 11.1 Å². The summed E-state index contributed by atoms with van der Waals surface area (Å²) in [7, 11) is 0. The molecule has 1 aromatic carbocycles. The van der Waals surface area contributed by atoms with Gasteiger partial charge in [-0.25, -0.2) is 4.98 Å². The van der Waals surface area contributed by atoms with Crippen LogP contribution in [0.1, 0.15) is 28.7 Å². The summed E-state index contributed by atoms with van der Waals surface area (Å²) in [6, 6.07) is 7.38. The quantitative estimate of drug-likeness (QED) is 0.879. The second-order valence-electron chi connectivity index (χ2n) is 4.55. The van der Waals surface area contributed by atoms with E-state index in [1.54, 1.807) is 17.8 Å². The number of amides is 2. The molecule has 6 heteroatoms. The Labute approximate surface area is 116 Å². The van der Waals surface area contributed by atoms with Crippen LogP contribution >= 0.6 is 0 Å². The standard InChI is InChI=1S/C14H16N4O2/c1-9-13(14(15)20)18(8-16-9)7-11-3-5-12(6-4-11)17-10(2)19/h3-6,8H,7H2,1-2H3,(H2,15,20)(H,17,19). The summed E-state index contributed by atoms with van der Waals surface area (Å²) in [6.07, 6.45) is 1.59. The number of imidazole rings is 1. The van der Waals surface area contributed by atoms with E-state index < -0.39 is 5.91 Å². The molecule has 104 valence electrons. The zero-order valence-electron chi connectivity index (χ0n) is 11.4. The fourth-order valence-corrected chi connectivity index (χ4v) is 2.02. The molecule has 6 nitrogen and oxygen atoms in total. The van der Waals surface area contributed by atoms with Crippen molar-refractivity contribution in [3.8, 4) is 0 Å². The van der Waals surface area contributed by atoms with E-state index in [4.69, 9.17) is 5.73 Å². The second-order valence-corrected chi connectivity index (χ2v) is 4.55. The van der Waals surface area contributed by atoms with Crippen LogP contribution in [0.2, 0.25) is 0 Å². The Hall–Kier alpha value is -2.63. The molecule has 0 atom stereocenters. The number of carbonyl (C=O) groups excluding carboxylic acids is 2. The largest absolute Gasteiger partial charge is 0.364 e. The average Bonchev–Trinajstić information content (AvgIpc) is 2.72. The van der Waals surface area contributed by atoms with Gasteiger partial charge in [0.05, 0.1) is 12.0 Å². The van der Waals surface area contributed by atoms with E-state index >= 15 is 0 Å². The average molecular weight is 272 g/mol. The molecular formula is C14H16N4O2. The van der Waals surface area contributed by atoms with Gasteiger partial charge in [-0.2, -0.15) is 0 Å². The number of nitrogens with zero attached hydrogens (tertiary/aromatic N) is 2. The summed E-state index contributed by atoms with van der Waals surface area (Å²) in [6.45, 7) is 3.71. The molecule has 0 saturated carbocycles. The molecule has 0 saturated heterocycles. The Morgan fingerprint density at radius 3 is 2.50 bits per heavy atom. The SMILES string of the molecule is CC(=O)Nc1ccc(Cn2cnc(C)c2C(N)=O)cc1. The van der Waals surface area contributed by atoms with Crippen molar-refractivity contribution in [1.29, 1.82) is 0 Å². The molecule has 0 aliphatic heterocycles. The minimum atomic E-state index is -0.491. The Balaban J connectivity index is 2.18. The van der Waals surface area contributed by atoms with E-state index in [0.717, 1.165) is 11.3 Å². The van der Waals surface area contributed by atoms with Crippen molar-refractivity contribution in [2.45, 2.75) is 20.4 Å². The molecule has 2 aromatic rings. The van der Waals surface area contributed by atoms with Crippen molar-refractivity contribution in [2.75, 3.05) is 5.32 Å². The van der Waals surface area contributed by atoms with Crippen molar-refractivity contribution in [2.24, 2.45) is 5.73 Å². The minimum absolute atomic E-state index is 0.112. The van der Waals surface area contributed by atoms with E-state index in [9.17, 15) is 9.59 Å². The maximum absolute atomic E-state index is 11.4. The summed E-state index contributed by atoms with van der Waals surface area (Å²) in [4.78, 5) is 26.4. The molecule has 20 heavy (non-hydrogen) atoms. The highest BCUT2D eigenvalue weighted by Crippen LogP contribution is 2.13. The van der Waals surface area contributed by atoms with Crippen LogP contribution in [0.3, 0.4) is 0 Å². The molecule has 1 heterocycles. The topological polar surface area (TPSA) is 90.0 Å². The molecule has 0 fully saturated rings. The maximum Gasteiger partial charge on any atom is 0.267 e. The molecule has 0 aliphatic carbocycles. The minimum Gasteiger partial charge on any atom is -0.364 e. The Bertz CT molecular complexity index is 644. The molecule has 0 unspecified atom stereocenters. The summed E-state index contributed by atoms with van der Waals surface area (Å²) in [5.74, 6) is -0.603. The van der Waals surface area contributed by atoms with Crippen LogP contribution in [0.4, 0.5) is 5.69 Å². The number of aromatic nitrogens is 2. The van der Waals surface area contributed by atoms with Crippen molar-refractivity contribution in [1.82, 2.24) is 9.55 Å². The molecule has 3 N–H and O–H groups in total. The number of nitrogens with two attached hydrogens (primary N) is 1. The van der Waals surface area contributed by atoms with Gasteiger partial charge in [0, 0.05) is 19.2 Å². The monoisotopic (exact) mass is 272 g/mol. The first-order valence-electron chi connectivity index (χ1n) is 6.15. The lowest BCUT2D eigenvalue weighted by Gasteiger charge is -2.08. The normalized spacial score (nSPS) is 10.3. The van der Waals surface area contributed by atoms with Gasteiger partial charge in [-0.15, -0.1) is 0 Å². The molecule has 0 aliphatic rings. The third-order valence-corrected chi connectivity index (χ3v) is 2.88. The number of benzene rings is 1. The molecule has 0 spiro atoms. The Kier molecular flexibility index (Phi) is 3.84. The predicted octanol–water partition coefficient (Wildman–Crippen LogP) is 1.30. The van der Waals surface area contributed by atoms with E-state index in [1.807, 2.05) is 24.3 Å². The molecular weight excluding hydrogens is 256 g/mol. The van der Waals surface area contributed by atoms with Crippen LogP contribution in [0, 0.1) is 6.92 Å². The highest BCUT2D eigenvalue weighted by molar-refractivity contribution is 5.92. The number of hydrogen-bond acceptors (Lipinski definition) is 3. The van der Waals surface area contributed by atoms with Crippen LogP contribution in [-0.2, 0) is 11.3 Å². The molecule has 2 amide bonds. The third-order valence-electron chi connectivity index (χ3n) is 2.88. The van der Waals surface area contributed by atoms with Crippen molar-refractivity contribution >= 4 is 17.5 Å². The van der Waals surface area contributed by atoms with Crippen LogP contribution in [0.5, 0.6) is 0 Å². The van der Waals surface area contributed by atoms with E-state index in [2.05, 4.69) is 10.3 Å². The second kappa shape index (κ2) is 5.56. The third kappa shape index (κ3) is 3.03. The van der Waals surface area contributed by atoms with Gasteiger partial charge in [-0.3, -0.25) is 9.59 Å². The van der Waals surface area contributed by atoms with E-state index in [1.165, 1.54) is 6.92 Å². The van der Waals surface area contributed by atoms with Crippen LogP contribution in [-0.4, -0.2) is 21.4 Å². The predicted molar refractivity (Wildman–Crippen MR) is 75.3 cm³/mol. The number of carbonyl (C=O) groups is 2. The summed E-state index contributed by atoms with van der Waals surface area (Å²) in [5.41, 5.74) is 8.10. The van der Waals surface area contributed by atoms with E-state index in [-0.39, 0.29) is 5.91 Å².